The maximum Gasteiger partial charge on any atom is 0.236 e. The van der Waals surface area contributed by atoms with Gasteiger partial charge in [0.25, 0.3) is 0 Å². The molecule has 0 bridgehead atoms. The second-order valence-corrected chi connectivity index (χ2v) is 9.05. The van der Waals surface area contributed by atoms with E-state index in [1.807, 2.05) is 12.1 Å². The minimum absolute atomic E-state index is 0.00243. The summed E-state index contributed by atoms with van der Waals surface area (Å²) >= 11 is 0. The first-order valence-corrected chi connectivity index (χ1v) is 11.9. The molecule has 0 radical (unpaired) electrons. The summed E-state index contributed by atoms with van der Waals surface area (Å²) in [5.41, 5.74) is 2.62. The van der Waals surface area contributed by atoms with Crippen molar-refractivity contribution in [3.05, 3.63) is 70.8 Å². The van der Waals surface area contributed by atoms with E-state index >= 15 is 0 Å². The van der Waals surface area contributed by atoms with Crippen molar-refractivity contribution >= 4 is 11.8 Å². The van der Waals surface area contributed by atoms with Gasteiger partial charge in [-0.1, -0.05) is 31.2 Å². The molecule has 2 atom stereocenters. The van der Waals surface area contributed by atoms with Gasteiger partial charge in [-0.2, -0.15) is 0 Å². The number of nitrogens with zero attached hydrogens (tertiary/aromatic N) is 2. The molecule has 2 aromatic rings. The number of rotatable bonds is 11. The van der Waals surface area contributed by atoms with E-state index in [2.05, 4.69) is 29.7 Å². The smallest absolute Gasteiger partial charge is 0.236 e. The van der Waals surface area contributed by atoms with Crippen LogP contribution in [0.1, 0.15) is 23.6 Å². The number of hydrogen-bond donors (Lipinski definition) is 3. The molecule has 2 unspecified atom stereocenters. The van der Waals surface area contributed by atoms with Gasteiger partial charge in [-0.25, -0.2) is 8.78 Å². The quantitative estimate of drug-likeness (QED) is 0.446. The van der Waals surface area contributed by atoms with Gasteiger partial charge in [0.15, 0.2) is 0 Å². The predicted octanol–water partition coefficient (Wildman–Crippen LogP) is 1.48. The molecular formula is C26H34F2N4O3. The monoisotopic (exact) mass is 488 g/mol. The van der Waals surface area contributed by atoms with E-state index in [0.717, 1.165) is 18.1 Å². The number of aliphatic hydroxyl groups excluding tert-OH is 1. The molecule has 35 heavy (non-hydrogen) atoms. The summed E-state index contributed by atoms with van der Waals surface area (Å²) < 4.78 is 27.5. The number of hydrogen-bond acceptors (Lipinski definition) is 5. The summed E-state index contributed by atoms with van der Waals surface area (Å²) in [6.45, 7) is 4.02. The van der Waals surface area contributed by atoms with E-state index in [9.17, 15) is 23.5 Å². The third-order valence-corrected chi connectivity index (χ3v) is 6.17. The lowest BCUT2D eigenvalue weighted by Gasteiger charge is -2.32. The minimum Gasteiger partial charge on any atom is -0.390 e. The van der Waals surface area contributed by atoms with Gasteiger partial charge in [-0.15, -0.1) is 0 Å². The van der Waals surface area contributed by atoms with Crippen LogP contribution in [0, 0.1) is 11.6 Å². The maximum atomic E-state index is 13.7. The number of halogens is 2. The first-order valence-electron chi connectivity index (χ1n) is 11.9. The largest absolute Gasteiger partial charge is 0.390 e. The van der Waals surface area contributed by atoms with E-state index in [4.69, 9.17) is 0 Å². The van der Waals surface area contributed by atoms with Crippen LogP contribution in [0.4, 0.5) is 8.78 Å². The Morgan fingerprint density at radius 3 is 2.49 bits per heavy atom. The average molecular weight is 489 g/mol. The average Bonchev–Trinajstić information content (AvgIpc) is 2.80. The first kappa shape index (κ1) is 26.7. The highest BCUT2D eigenvalue weighted by atomic mass is 19.1. The van der Waals surface area contributed by atoms with Crippen LogP contribution in [0.2, 0.25) is 0 Å². The number of carbonyl (C=O) groups excluding carboxylic acids is 2. The zero-order chi connectivity index (χ0) is 25.4. The van der Waals surface area contributed by atoms with Crippen molar-refractivity contribution in [3.63, 3.8) is 0 Å². The van der Waals surface area contributed by atoms with Crippen molar-refractivity contribution < 1.29 is 23.5 Å². The van der Waals surface area contributed by atoms with Crippen molar-refractivity contribution in [3.8, 4) is 0 Å². The van der Waals surface area contributed by atoms with Crippen LogP contribution in [0.15, 0.2) is 42.5 Å². The highest BCUT2D eigenvalue weighted by Gasteiger charge is 2.26. The highest BCUT2D eigenvalue weighted by molar-refractivity contribution is 5.82. The van der Waals surface area contributed by atoms with Gasteiger partial charge in [-0.05, 0) is 41.7 Å². The third-order valence-electron chi connectivity index (χ3n) is 6.17. The Balaban J connectivity index is 1.62. The second-order valence-electron chi connectivity index (χ2n) is 9.05. The summed E-state index contributed by atoms with van der Waals surface area (Å²) in [6.07, 6.45) is -0.0297. The van der Waals surface area contributed by atoms with Crippen LogP contribution < -0.4 is 10.6 Å². The Morgan fingerprint density at radius 1 is 1.09 bits per heavy atom. The van der Waals surface area contributed by atoms with E-state index in [-0.39, 0.29) is 37.9 Å². The number of nitrogens with one attached hydrogen (secondary N) is 2. The Kier molecular flexibility index (Phi) is 9.71. The molecule has 3 N–H and O–H groups in total. The van der Waals surface area contributed by atoms with Crippen molar-refractivity contribution in [2.75, 3.05) is 39.8 Å². The SMILES string of the molecule is CCc1cccc(CNCC(O)C(Cc2cc(F)cc(F)c2)NC(=O)CN2CCN(C)C(=O)C2)c1. The zero-order valence-corrected chi connectivity index (χ0v) is 20.3. The molecular weight excluding hydrogens is 454 g/mol. The van der Waals surface area contributed by atoms with Crippen LogP contribution in [0.25, 0.3) is 0 Å². The van der Waals surface area contributed by atoms with E-state index in [1.165, 1.54) is 17.7 Å². The molecule has 1 saturated heterocycles. The normalized spacial score (nSPS) is 16.3. The number of benzene rings is 2. The second kappa shape index (κ2) is 12.7. The van der Waals surface area contributed by atoms with Crippen LogP contribution in [-0.4, -0.2) is 78.6 Å². The minimum atomic E-state index is -1.01. The van der Waals surface area contributed by atoms with Gasteiger partial charge in [0.1, 0.15) is 11.6 Å². The summed E-state index contributed by atoms with van der Waals surface area (Å²) in [5, 5.41) is 16.9. The van der Waals surface area contributed by atoms with Gasteiger partial charge in [0.2, 0.25) is 11.8 Å². The fourth-order valence-corrected chi connectivity index (χ4v) is 4.13. The molecule has 190 valence electrons. The van der Waals surface area contributed by atoms with E-state index in [1.54, 1.807) is 16.8 Å². The van der Waals surface area contributed by atoms with E-state index in [0.29, 0.717) is 25.2 Å². The molecule has 7 nitrogen and oxygen atoms in total. The number of piperazine rings is 1. The Morgan fingerprint density at radius 2 is 1.80 bits per heavy atom. The van der Waals surface area contributed by atoms with Gasteiger partial charge < -0.3 is 20.6 Å². The molecule has 9 heteroatoms. The van der Waals surface area contributed by atoms with E-state index < -0.39 is 23.8 Å². The predicted molar refractivity (Wildman–Crippen MR) is 130 cm³/mol. The van der Waals surface area contributed by atoms with Crippen LogP contribution >= 0.6 is 0 Å². The fraction of sp³-hybridized carbons (Fsp3) is 0.462. The molecule has 3 rings (SSSR count). The molecule has 1 fully saturated rings. The molecule has 0 aliphatic carbocycles. The van der Waals surface area contributed by atoms with Crippen molar-refractivity contribution in [2.45, 2.75) is 38.5 Å². The standard InChI is InChI=1S/C26H34F2N4O3/c1-3-18-5-4-6-19(9-18)14-29-15-24(33)23(12-20-10-21(27)13-22(28)11-20)30-25(34)16-32-8-7-31(2)26(35)17-32/h4-6,9-11,13,23-24,29,33H,3,7-8,12,14-17H2,1-2H3,(H,30,34). The molecule has 0 spiro atoms. The highest BCUT2D eigenvalue weighted by Crippen LogP contribution is 2.13. The van der Waals surface area contributed by atoms with Gasteiger partial charge >= 0.3 is 0 Å². The molecule has 1 aliphatic heterocycles. The van der Waals surface area contributed by atoms with Gasteiger partial charge in [0.05, 0.1) is 25.2 Å². The Bertz CT molecular complexity index is 1000. The summed E-state index contributed by atoms with van der Waals surface area (Å²) in [7, 11) is 1.72. The van der Waals surface area contributed by atoms with Gasteiger partial charge in [0, 0.05) is 39.3 Å². The number of likely N-dealkylation sites (N-methyl/N-ethyl adjacent to an activating group) is 1. The Labute approximate surface area is 205 Å². The molecule has 1 heterocycles. The first-order chi connectivity index (χ1) is 16.7. The van der Waals surface area contributed by atoms with Gasteiger partial charge in [-0.3, -0.25) is 14.5 Å². The maximum absolute atomic E-state index is 13.7. The van der Waals surface area contributed by atoms with Crippen LogP contribution in [0.5, 0.6) is 0 Å². The Hall–Kier alpha value is -2.88. The topological polar surface area (TPSA) is 84.9 Å². The van der Waals surface area contributed by atoms with Crippen molar-refractivity contribution in [2.24, 2.45) is 0 Å². The zero-order valence-electron chi connectivity index (χ0n) is 20.3. The summed E-state index contributed by atoms with van der Waals surface area (Å²) in [5.74, 6) is -1.86. The molecule has 2 aromatic carbocycles. The summed E-state index contributed by atoms with van der Waals surface area (Å²) in [6, 6.07) is 10.5. The van der Waals surface area contributed by atoms with Crippen LogP contribution in [-0.2, 0) is 29.0 Å². The lowest BCUT2D eigenvalue weighted by Crippen LogP contribution is -2.54. The summed E-state index contributed by atoms with van der Waals surface area (Å²) in [4.78, 5) is 28.0. The number of aryl methyl sites for hydroxylation is 1. The van der Waals surface area contributed by atoms with Crippen molar-refractivity contribution in [1.29, 1.82) is 0 Å². The number of aliphatic hydroxyl groups is 1. The number of amides is 2. The fourth-order valence-electron chi connectivity index (χ4n) is 4.13. The lowest BCUT2D eigenvalue weighted by atomic mass is 10.0. The van der Waals surface area contributed by atoms with Crippen molar-refractivity contribution in [1.82, 2.24) is 20.4 Å². The molecule has 2 amide bonds. The third kappa shape index (κ3) is 8.38. The molecule has 0 saturated carbocycles. The molecule has 0 aromatic heterocycles. The lowest BCUT2D eigenvalue weighted by molar-refractivity contribution is -0.135. The number of carbonyl (C=O) groups is 2. The molecule has 1 aliphatic rings. The van der Waals surface area contributed by atoms with Crippen LogP contribution in [0.3, 0.4) is 0 Å².